The lowest BCUT2D eigenvalue weighted by Crippen LogP contribution is -2.31. The van der Waals surface area contributed by atoms with Crippen LogP contribution in [-0.2, 0) is 16.6 Å². The predicted octanol–water partition coefficient (Wildman–Crippen LogP) is 1.45. The molecule has 0 amide bonds. The first-order chi connectivity index (χ1) is 10.1. The molecule has 0 bridgehead atoms. The number of rotatable bonds is 7. The first kappa shape index (κ1) is 16.5. The molecule has 0 aliphatic carbocycles. The molecule has 21 heavy (non-hydrogen) atoms. The average molecular weight is 314 g/mol. The van der Waals surface area contributed by atoms with Crippen molar-refractivity contribution >= 4 is 10.0 Å². The molecule has 1 saturated heterocycles. The van der Waals surface area contributed by atoms with Crippen LogP contribution in [0.1, 0.15) is 39.0 Å². The maximum atomic E-state index is 12.6. The smallest absolute Gasteiger partial charge is 0.246 e. The minimum Gasteiger partial charge on any atom is -0.317 e. The van der Waals surface area contributed by atoms with Crippen molar-refractivity contribution in [2.45, 2.75) is 50.5 Å². The fourth-order valence-electron chi connectivity index (χ4n) is 2.57. The fourth-order valence-corrected chi connectivity index (χ4v) is 4.05. The van der Waals surface area contributed by atoms with Crippen molar-refractivity contribution in [2.24, 2.45) is 0 Å². The van der Waals surface area contributed by atoms with E-state index in [1.807, 2.05) is 0 Å². The second-order valence-corrected chi connectivity index (χ2v) is 7.40. The lowest BCUT2D eigenvalue weighted by Gasteiger charge is -2.18. The van der Waals surface area contributed by atoms with Gasteiger partial charge in [-0.15, -0.1) is 0 Å². The summed E-state index contributed by atoms with van der Waals surface area (Å²) < 4.78 is 28.5. The van der Waals surface area contributed by atoms with E-state index >= 15 is 0 Å². The fraction of sp³-hybridized carbons (Fsp3) is 0.786. The van der Waals surface area contributed by atoms with Gasteiger partial charge in [-0.25, -0.2) is 8.42 Å². The highest BCUT2D eigenvalue weighted by Gasteiger charge is 2.26. The van der Waals surface area contributed by atoms with Gasteiger partial charge in [-0.3, -0.25) is 4.68 Å². The van der Waals surface area contributed by atoms with Crippen molar-refractivity contribution in [3.63, 3.8) is 0 Å². The largest absolute Gasteiger partial charge is 0.317 e. The van der Waals surface area contributed by atoms with Gasteiger partial charge in [0.25, 0.3) is 0 Å². The molecule has 0 radical (unpaired) electrons. The molecule has 2 heterocycles. The Morgan fingerprint density at radius 2 is 1.95 bits per heavy atom. The lowest BCUT2D eigenvalue weighted by molar-refractivity contribution is 0.423. The Bertz CT molecular complexity index is 519. The Kier molecular flexibility index (Phi) is 6.20. The average Bonchev–Trinajstić information content (AvgIpc) is 2.77. The molecule has 1 N–H and O–H groups in total. The molecule has 1 aromatic rings. The van der Waals surface area contributed by atoms with Gasteiger partial charge in [0.05, 0.1) is 6.20 Å². The highest BCUT2D eigenvalue weighted by molar-refractivity contribution is 7.89. The zero-order chi connectivity index (χ0) is 15.1. The van der Waals surface area contributed by atoms with E-state index in [1.54, 1.807) is 15.2 Å². The molecule has 0 spiro atoms. The van der Waals surface area contributed by atoms with Gasteiger partial charge in [-0.1, -0.05) is 19.8 Å². The molecule has 1 fully saturated rings. The maximum absolute atomic E-state index is 12.6. The number of hydrogen-bond acceptors (Lipinski definition) is 4. The van der Waals surface area contributed by atoms with Crippen LogP contribution >= 0.6 is 0 Å². The quantitative estimate of drug-likeness (QED) is 0.774. The van der Waals surface area contributed by atoms with Gasteiger partial charge in [0.1, 0.15) is 4.90 Å². The van der Waals surface area contributed by atoms with E-state index in [4.69, 9.17) is 0 Å². The van der Waals surface area contributed by atoms with E-state index in [0.29, 0.717) is 18.0 Å². The third kappa shape index (κ3) is 4.52. The number of nitrogens with zero attached hydrogens (tertiary/aromatic N) is 3. The maximum Gasteiger partial charge on any atom is 0.246 e. The summed E-state index contributed by atoms with van der Waals surface area (Å²) in [7, 11) is -3.37. The second kappa shape index (κ2) is 7.91. The van der Waals surface area contributed by atoms with Gasteiger partial charge < -0.3 is 5.32 Å². The van der Waals surface area contributed by atoms with Crippen molar-refractivity contribution < 1.29 is 8.42 Å². The predicted molar refractivity (Wildman–Crippen MR) is 82.6 cm³/mol. The van der Waals surface area contributed by atoms with E-state index < -0.39 is 10.0 Å². The molecule has 0 aromatic carbocycles. The lowest BCUT2D eigenvalue weighted by atomic mass is 10.2. The van der Waals surface area contributed by atoms with Gasteiger partial charge in [-0.2, -0.15) is 9.40 Å². The highest BCUT2D eigenvalue weighted by atomic mass is 32.2. The molecule has 7 heteroatoms. The first-order valence-corrected chi connectivity index (χ1v) is 9.32. The normalized spacial score (nSPS) is 17.8. The van der Waals surface area contributed by atoms with Gasteiger partial charge in [-0.05, 0) is 32.4 Å². The molecule has 0 atom stereocenters. The Labute approximate surface area is 127 Å². The monoisotopic (exact) mass is 314 g/mol. The molecule has 0 unspecified atom stereocenters. The molecule has 0 saturated carbocycles. The van der Waals surface area contributed by atoms with Gasteiger partial charge >= 0.3 is 0 Å². The third-order valence-corrected chi connectivity index (χ3v) is 5.65. The van der Waals surface area contributed by atoms with Crippen molar-refractivity contribution in [2.75, 3.05) is 26.2 Å². The van der Waals surface area contributed by atoms with Crippen LogP contribution in [0.2, 0.25) is 0 Å². The molecule has 1 aromatic heterocycles. The van der Waals surface area contributed by atoms with Gasteiger partial charge in [0, 0.05) is 25.8 Å². The van der Waals surface area contributed by atoms with E-state index in [9.17, 15) is 8.42 Å². The molecule has 1 aliphatic heterocycles. The zero-order valence-electron chi connectivity index (χ0n) is 12.8. The Morgan fingerprint density at radius 1 is 1.24 bits per heavy atom. The summed E-state index contributed by atoms with van der Waals surface area (Å²) in [6.07, 6.45) is 8.23. The summed E-state index contributed by atoms with van der Waals surface area (Å²) in [6.45, 7) is 5.95. The van der Waals surface area contributed by atoms with Crippen LogP contribution in [0.5, 0.6) is 0 Å². The highest BCUT2D eigenvalue weighted by Crippen LogP contribution is 2.19. The summed E-state index contributed by atoms with van der Waals surface area (Å²) in [5.41, 5.74) is 0. The summed E-state index contributed by atoms with van der Waals surface area (Å²) in [5.74, 6) is 0. The zero-order valence-corrected chi connectivity index (χ0v) is 13.6. The van der Waals surface area contributed by atoms with Gasteiger partial charge in [0.2, 0.25) is 10.0 Å². The second-order valence-electron chi connectivity index (χ2n) is 5.46. The van der Waals surface area contributed by atoms with Crippen LogP contribution in [-0.4, -0.2) is 48.7 Å². The van der Waals surface area contributed by atoms with Crippen LogP contribution in [0.25, 0.3) is 0 Å². The van der Waals surface area contributed by atoms with E-state index in [1.165, 1.54) is 6.20 Å². The summed E-state index contributed by atoms with van der Waals surface area (Å²) in [6, 6.07) is 0. The van der Waals surface area contributed by atoms with Crippen molar-refractivity contribution in [3.8, 4) is 0 Å². The summed E-state index contributed by atoms with van der Waals surface area (Å²) >= 11 is 0. The van der Waals surface area contributed by atoms with Crippen molar-refractivity contribution in [3.05, 3.63) is 12.4 Å². The van der Waals surface area contributed by atoms with Crippen LogP contribution in [0, 0.1) is 0 Å². The topological polar surface area (TPSA) is 67.2 Å². The molecule has 1 aliphatic rings. The summed E-state index contributed by atoms with van der Waals surface area (Å²) in [5, 5.41) is 7.43. The van der Waals surface area contributed by atoms with Crippen LogP contribution in [0.4, 0.5) is 0 Å². The van der Waals surface area contributed by atoms with Crippen LogP contribution < -0.4 is 5.32 Å². The first-order valence-electron chi connectivity index (χ1n) is 7.88. The van der Waals surface area contributed by atoms with Crippen molar-refractivity contribution in [1.82, 2.24) is 19.4 Å². The number of sulfonamides is 1. The number of nitrogens with one attached hydrogen (secondary N) is 1. The van der Waals surface area contributed by atoms with E-state index in [2.05, 4.69) is 17.3 Å². The van der Waals surface area contributed by atoms with Crippen LogP contribution in [0.15, 0.2) is 17.3 Å². The molecule has 2 rings (SSSR count). The number of aromatic nitrogens is 2. The Hall–Kier alpha value is -0.920. The molecular weight excluding hydrogens is 288 g/mol. The van der Waals surface area contributed by atoms with E-state index in [0.717, 1.165) is 51.7 Å². The standard InChI is InChI=1S/C14H26N4O2S/c1-2-15-8-7-9-17-13-14(12-16-17)21(19,20)18-10-5-3-4-6-11-18/h12-13,15H,2-11H2,1H3. The van der Waals surface area contributed by atoms with Crippen LogP contribution in [0.3, 0.4) is 0 Å². The summed E-state index contributed by atoms with van der Waals surface area (Å²) in [4.78, 5) is 0.327. The Balaban J connectivity index is 1.98. The molecule has 6 nitrogen and oxygen atoms in total. The van der Waals surface area contributed by atoms with Gasteiger partial charge in [0.15, 0.2) is 0 Å². The SMILES string of the molecule is CCNCCCn1cc(S(=O)(=O)N2CCCCCC2)cn1. The van der Waals surface area contributed by atoms with Crippen molar-refractivity contribution in [1.29, 1.82) is 0 Å². The number of hydrogen-bond donors (Lipinski definition) is 1. The molecular formula is C14H26N4O2S. The Morgan fingerprint density at radius 3 is 2.62 bits per heavy atom. The van der Waals surface area contributed by atoms with E-state index in [-0.39, 0.29) is 0 Å². The minimum atomic E-state index is -3.37. The number of aryl methyl sites for hydroxylation is 1. The third-order valence-electron chi connectivity index (χ3n) is 3.80. The molecule has 120 valence electrons. The minimum absolute atomic E-state index is 0.327.